The zero-order chi connectivity index (χ0) is 12.3. The molecule has 0 unspecified atom stereocenters. The van der Waals surface area contributed by atoms with E-state index in [1.807, 2.05) is 19.1 Å². The van der Waals surface area contributed by atoms with E-state index in [2.05, 4.69) is 20.4 Å². The predicted octanol–water partition coefficient (Wildman–Crippen LogP) is 1.32. The van der Waals surface area contributed by atoms with Gasteiger partial charge in [-0.05, 0) is 19.1 Å². The predicted molar refractivity (Wildman–Crippen MR) is 64.6 cm³/mol. The standard InChI is InChI=1S/C11H15N5O/c1-7-9(12)3-4-10(14-7)13-6-5-11-15-8(2)17-16-11/h3-4H,5-6,12H2,1-2H3,(H,13,14). The molecule has 0 fully saturated rings. The van der Waals surface area contributed by atoms with Crippen molar-refractivity contribution in [3.05, 3.63) is 29.5 Å². The molecule has 6 heteroatoms. The molecule has 0 aliphatic rings. The van der Waals surface area contributed by atoms with E-state index in [0.29, 0.717) is 30.4 Å². The van der Waals surface area contributed by atoms with Crippen molar-refractivity contribution in [2.45, 2.75) is 20.3 Å². The molecule has 90 valence electrons. The van der Waals surface area contributed by atoms with Gasteiger partial charge in [-0.2, -0.15) is 4.98 Å². The highest BCUT2D eigenvalue weighted by atomic mass is 16.5. The molecular weight excluding hydrogens is 218 g/mol. The molecular formula is C11H15N5O. The molecule has 0 amide bonds. The SMILES string of the molecule is Cc1nc(CCNc2ccc(N)c(C)n2)no1. The number of hydrogen-bond donors (Lipinski definition) is 2. The summed E-state index contributed by atoms with van der Waals surface area (Å²) in [5.74, 6) is 2.08. The lowest BCUT2D eigenvalue weighted by atomic mass is 10.3. The highest BCUT2D eigenvalue weighted by Gasteiger charge is 2.02. The highest BCUT2D eigenvalue weighted by molar-refractivity contribution is 5.48. The topological polar surface area (TPSA) is 89.9 Å². The Kier molecular flexibility index (Phi) is 3.22. The van der Waals surface area contributed by atoms with Crippen LogP contribution in [0, 0.1) is 13.8 Å². The number of nitrogens with two attached hydrogens (primary N) is 1. The van der Waals surface area contributed by atoms with Crippen LogP contribution in [-0.4, -0.2) is 21.7 Å². The average Bonchev–Trinajstić information content (AvgIpc) is 2.70. The Balaban J connectivity index is 1.87. The van der Waals surface area contributed by atoms with Crippen LogP contribution < -0.4 is 11.1 Å². The van der Waals surface area contributed by atoms with Gasteiger partial charge in [-0.25, -0.2) is 4.98 Å². The average molecular weight is 233 g/mol. The van der Waals surface area contributed by atoms with Crippen LogP contribution in [0.4, 0.5) is 11.5 Å². The first-order valence-corrected chi connectivity index (χ1v) is 5.41. The second-order valence-corrected chi connectivity index (χ2v) is 3.78. The Labute approximate surface area is 99.2 Å². The maximum atomic E-state index is 5.69. The summed E-state index contributed by atoms with van der Waals surface area (Å²) in [7, 11) is 0. The minimum absolute atomic E-state index is 0.585. The van der Waals surface area contributed by atoms with Gasteiger partial charge in [0.1, 0.15) is 5.82 Å². The lowest BCUT2D eigenvalue weighted by Crippen LogP contribution is -2.08. The zero-order valence-corrected chi connectivity index (χ0v) is 9.90. The summed E-state index contributed by atoms with van der Waals surface area (Å²) >= 11 is 0. The summed E-state index contributed by atoms with van der Waals surface area (Å²) in [6.45, 7) is 4.35. The monoisotopic (exact) mass is 233 g/mol. The van der Waals surface area contributed by atoms with Crippen LogP contribution in [0.1, 0.15) is 17.4 Å². The number of pyridine rings is 1. The highest BCUT2D eigenvalue weighted by Crippen LogP contribution is 2.11. The first-order chi connectivity index (χ1) is 8.15. The van der Waals surface area contributed by atoms with Crippen LogP contribution in [-0.2, 0) is 6.42 Å². The third-order valence-corrected chi connectivity index (χ3v) is 2.35. The normalized spacial score (nSPS) is 10.5. The molecule has 0 atom stereocenters. The summed E-state index contributed by atoms with van der Waals surface area (Å²) in [6.07, 6.45) is 0.697. The Morgan fingerprint density at radius 1 is 1.29 bits per heavy atom. The van der Waals surface area contributed by atoms with Gasteiger partial charge in [-0.1, -0.05) is 5.16 Å². The Hall–Kier alpha value is -2.11. The van der Waals surface area contributed by atoms with Crippen LogP contribution in [0.25, 0.3) is 0 Å². The number of nitrogens with zero attached hydrogens (tertiary/aromatic N) is 3. The van der Waals surface area contributed by atoms with Gasteiger partial charge >= 0.3 is 0 Å². The van der Waals surface area contributed by atoms with Crippen molar-refractivity contribution in [1.29, 1.82) is 0 Å². The van der Waals surface area contributed by atoms with Gasteiger partial charge in [0.2, 0.25) is 5.89 Å². The fourth-order valence-electron chi connectivity index (χ4n) is 1.42. The largest absolute Gasteiger partial charge is 0.397 e. The molecule has 17 heavy (non-hydrogen) atoms. The van der Waals surface area contributed by atoms with Crippen molar-refractivity contribution in [2.24, 2.45) is 0 Å². The van der Waals surface area contributed by atoms with Crippen LogP contribution in [0.3, 0.4) is 0 Å². The fourth-order valence-corrected chi connectivity index (χ4v) is 1.42. The van der Waals surface area contributed by atoms with Crippen molar-refractivity contribution in [2.75, 3.05) is 17.6 Å². The molecule has 0 aromatic carbocycles. The quantitative estimate of drug-likeness (QED) is 0.827. The molecule has 3 N–H and O–H groups in total. The van der Waals surface area contributed by atoms with Gasteiger partial charge in [0.05, 0.1) is 11.4 Å². The molecule has 0 spiro atoms. The molecule has 6 nitrogen and oxygen atoms in total. The van der Waals surface area contributed by atoms with E-state index in [9.17, 15) is 0 Å². The maximum absolute atomic E-state index is 5.69. The lowest BCUT2D eigenvalue weighted by Gasteiger charge is -2.05. The second-order valence-electron chi connectivity index (χ2n) is 3.78. The molecule has 0 aliphatic carbocycles. The van der Waals surface area contributed by atoms with Crippen LogP contribution >= 0.6 is 0 Å². The van der Waals surface area contributed by atoms with Gasteiger partial charge < -0.3 is 15.6 Å². The minimum atomic E-state index is 0.585. The van der Waals surface area contributed by atoms with Gasteiger partial charge in [0.15, 0.2) is 5.82 Å². The van der Waals surface area contributed by atoms with E-state index in [1.165, 1.54) is 0 Å². The molecule has 0 radical (unpaired) electrons. The van der Waals surface area contributed by atoms with E-state index in [1.54, 1.807) is 6.92 Å². The molecule has 2 aromatic rings. The molecule has 2 heterocycles. The molecule has 0 saturated heterocycles. The van der Waals surface area contributed by atoms with E-state index >= 15 is 0 Å². The zero-order valence-electron chi connectivity index (χ0n) is 9.90. The van der Waals surface area contributed by atoms with Crippen molar-refractivity contribution in [3.8, 4) is 0 Å². The summed E-state index contributed by atoms with van der Waals surface area (Å²) in [6, 6.07) is 3.69. The molecule has 2 aromatic heterocycles. The second kappa shape index (κ2) is 4.82. The molecule has 0 saturated carbocycles. The Bertz CT molecular complexity index is 508. The molecule has 2 rings (SSSR count). The minimum Gasteiger partial charge on any atom is -0.397 e. The summed E-state index contributed by atoms with van der Waals surface area (Å²) in [5.41, 5.74) is 7.21. The van der Waals surface area contributed by atoms with Gasteiger partial charge in [-0.3, -0.25) is 0 Å². The van der Waals surface area contributed by atoms with Crippen LogP contribution in [0.2, 0.25) is 0 Å². The number of hydrogen-bond acceptors (Lipinski definition) is 6. The fraction of sp³-hybridized carbons (Fsp3) is 0.364. The third-order valence-electron chi connectivity index (χ3n) is 2.35. The number of nitrogen functional groups attached to an aromatic ring is 1. The van der Waals surface area contributed by atoms with E-state index in [0.717, 1.165) is 11.5 Å². The number of aryl methyl sites for hydroxylation is 2. The molecule has 0 bridgehead atoms. The van der Waals surface area contributed by atoms with Gasteiger partial charge in [-0.15, -0.1) is 0 Å². The summed E-state index contributed by atoms with van der Waals surface area (Å²) < 4.78 is 4.88. The van der Waals surface area contributed by atoms with Crippen molar-refractivity contribution >= 4 is 11.5 Å². The van der Waals surface area contributed by atoms with Crippen LogP contribution in [0.15, 0.2) is 16.7 Å². The Morgan fingerprint density at radius 3 is 2.76 bits per heavy atom. The van der Waals surface area contributed by atoms with Crippen molar-refractivity contribution in [3.63, 3.8) is 0 Å². The van der Waals surface area contributed by atoms with Gasteiger partial charge in [0, 0.05) is 19.9 Å². The van der Waals surface area contributed by atoms with E-state index < -0.39 is 0 Å². The van der Waals surface area contributed by atoms with Crippen molar-refractivity contribution < 1.29 is 4.52 Å². The number of anilines is 2. The van der Waals surface area contributed by atoms with E-state index in [4.69, 9.17) is 10.3 Å². The number of nitrogens with one attached hydrogen (secondary N) is 1. The number of aromatic nitrogens is 3. The first kappa shape index (κ1) is 11.4. The van der Waals surface area contributed by atoms with Crippen LogP contribution in [0.5, 0.6) is 0 Å². The maximum Gasteiger partial charge on any atom is 0.223 e. The van der Waals surface area contributed by atoms with Crippen molar-refractivity contribution in [1.82, 2.24) is 15.1 Å². The van der Waals surface area contributed by atoms with E-state index in [-0.39, 0.29) is 0 Å². The Morgan fingerprint density at radius 2 is 2.12 bits per heavy atom. The summed E-state index contributed by atoms with van der Waals surface area (Å²) in [4.78, 5) is 8.42. The lowest BCUT2D eigenvalue weighted by molar-refractivity contribution is 0.387. The first-order valence-electron chi connectivity index (χ1n) is 5.41. The summed E-state index contributed by atoms with van der Waals surface area (Å²) in [5, 5.41) is 6.99. The van der Waals surface area contributed by atoms with Gasteiger partial charge in [0.25, 0.3) is 0 Å². The molecule has 0 aliphatic heterocycles. The third kappa shape index (κ3) is 2.93. The number of rotatable bonds is 4. The smallest absolute Gasteiger partial charge is 0.223 e.